The van der Waals surface area contributed by atoms with Crippen molar-refractivity contribution in [3.63, 3.8) is 0 Å². The monoisotopic (exact) mass is 320 g/mol. The smallest absolute Gasteiger partial charge is 0.0976 e. The second kappa shape index (κ2) is 6.47. The molecular formula is C17H21ClN2S. The van der Waals surface area contributed by atoms with Gasteiger partial charge in [0, 0.05) is 34.8 Å². The topological polar surface area (TPSA) is 24.9 Å². The zero-order valence-electron chi connectivity index (χ0n) is 12.5. The number of rotatable bonds is 6. The molecule has 1 heterocycles. The van der Waals surface area contributed by atoms with Crippen LogP contribution in [0.3, 0.4) is 0 Å². The van der Waals surface area contributed by atoms with E-state index in [2.05, 4.69) is 25.2 Å². The molecule has 21 heavy (non-hydrogen) atoms. The lowest BCUT2D eigenvalue weighted by molar-refractivity contribution is 0.590. The highest BCUT2D eigenvalue weighted by atomic mass is 35.5. The minimum atomic E-state index is 0.506. The van der Waals surface area contributed by atoms with E-state index in [0.29, 0.717) is 12.0 Å². The van der Waals surface area contributed by atoms with Crippen LogP contribution in [0.1, 0.15) is 53.7 Å². The Kier molecular flexibility index (Phi) is 4.63. The molecule has 1 aromatic carbocycles. The van der Waals surface area contributed by atoms with Crippen LogP contribution in [0.2, 0.25) is 5.02 Å². The van der Waals surface area contributed by atoms with E-state index in [1.54, 1.807) is 0 Å². The Morgan fingerprint density at radius 3 is 2.76 bits per heavy atom. The third-order valence-electron chi connectivity index (χ3n) is 3.71. The number of hydrogen-bond donors (Lipinski definition) is 1. The minimum Gasteiger partial charge on any atom is -0.310 e. The lowest BCUT2D eigenvalue weighted by Crippen LogP contribution is -2.21. The molecular weight excluding hydrogens is 300 g/mol. The normalized spacial score (nSPS) is 14.9. The summed E-state index contributed by atoms with van der Waals surface area (Å²) in [4.78, 5) is 6.32. The van der Waals surface area contributed by atoms with Crippen LogP contribution in [-0.4, -0.2) is 11.0 Å². The second-order valence-corrected chi connectivity index (χ2v) is 7.57. The van der Waals surface area contributed by atoms with Crippen molar-refractivity contribution in [1.82, 2.24) is 10.3 Å². The first-order valence-electron chi connectivity index (χ1n) is 7.58. The number of halogens is 1. The average molecular weight is 321 g/mol. The van der Waals surface area contributed by atoms with E-state index in [4.69, 9.17) is 16.6 Å². The highest BCUT2D eigenvalue weighted by molar-refractivity contribution is 7.11. The summed E-state index contributed by atoms with van der Waals surface area (Å²) in [7, 11) is 0. The van der Waals surface area contributed by atoms with Crippen LogP contribution in [-0.2, 0) is 13.0 Å². The summed E-state index contributed by atoms with van der Waals surface area (Å²) in [6.45, 7) is 5.30. The third kappa shape index (κ3) is 3.85. The summed E-state index contributed by atoms with van der Waals surface area (Å²) in [5.74, 6) is 0.699. The Bertz CT molecular complexity index is 617. The lowest BCUT2D eigenvalue weighted by Gasteiger charge is -2.07. The lowest BCUT2D eigenvalue weighted by atomic mass is 10.1. The highest BCUT2D eigenvalue weighted by Gasteiger charge is 2.29. The van der Waals surface area contributed by atoms with Crippen molar-refractivity contribution in [2.45, 2.75) is 51.6 Å². The first kappa shape index (κ1) is 15.0. The van der Waals surface area contributed by atoms with Gasteiger partial charge in [-0.25, -0.2) is 4.98 Å². The predicted octanol–water partition coefficient (Wildman–Crippen LogP) is 4.76. The molecule has 0 aliphatic heterocycles. The Hall–Kier alpha value is -0.900. The van der Waals surface area contributed by atoms with E-state index in [1.807, 2.05) is 29.5 Å². The quantitative estimate of drug-likeness (QED) is 0.829. The molecule has 1 fully saturated rings. The molecule has 112 valence electrons. The van der Waals surface area contributed by atoms with Crippen molar-refractivity contribution in [2.24, 2.45) is 0 Å². The Balaban J connectivity index is 1.79. The van der Waals surface area contributed by atoms with Crippen molar-refractivity contribution < 1.29 is 0 Å². The van der Waals surface area contributed by atoms with E-state index in [9.17, 15) is 0 Å². The van der Waals surface area contributed by atoms with Crippen LogP contribution >= 0.6 is 22.9 Å². The molecule has 0 unspecified atom stereocenters. The van der Waals surface area contributed by atoms with Gasteiger partial charge >= 0.3 is 0 Å². The molecule has 0 radical (unpaired) electrons. The largest absolute Gasteiger partial charge is 0.310 e. The van der Waals surface area contributed by atoms with Gasteiger partial charge in [-0.2, -0.15) is 0 Å². The van der Waals surface area contributed by atoms with Crippen LogP contribution in [0, 0.1) is 0 Å². The SMILES string of the molecule is CC(C)NCc1sc(Cc2ccccc2Cl)nc1C1CC1. The summed E-state index contributed by atoms with van der Waals surface area (Å²) < 4.78 is 0. The van der Waals surface area contributed by atoms with Crippen LogP contribution < -0.4 is 5.32 Å². The van der Waals surface area contributed by atoms with Gasteiger partial charge in [-0.3, -0.25) is 0 Å². The zero-order chi connectivity index (χ0) is 14.8. The van der Waals surface area contributed by atoms with Crippen LogP contribution in [0.5, 0.6) is 0 Å². The van der Waals surface area contributed by atoms with Crippen molar-refractivity contribution in [3.05, 3.63) is 50.4 Å². The number of benzene rings is 1. The third-order valence-corrected chi connectivity index (χ3v) is 5.15. The first-order chi connectivity index (χ1) is 10.1. The van der Waals surface area contributed by atoms with E-state index in [-0.39, 0.29) is 0 Å². The van der Waals surface area contributed by atoms with E-state index in [1.165, 1.54) is 34.0 Å². The Labute approximate surface area is 135 Å². The molecule has 2 nitrogen and oxygen atoms in total. The maximum Gasteiger partial charge on any atom is 0.0976 e. The molecule has 1 aliphatic rings. The fourth-order valence-corrected chi connectivity index (χ4v) is 3.72. The van der Waals surface area contributed by atoms with Gasteiger partial charge in [0.1, 0.15) is 0 Å². The molecule has 0 amide bonds. The molecule has 1 aromatic heterocycles. The molecule has 0 saturated heterocycles. The van der Waals surface area contributed by atoms with Gasteiger partial charge in [0.2, 0.25) is 0 Å². The van der Waals surface area contributed by atoms with Gasteiger partial charge in [0.25, 0.3) is 0 Å². The van der Waals surface area contributed by atoms with Gasteiger partial charge in [-0.1, -0.05) is 43.6 Å². The average Bonchev–Trinajstić information content (AvgIpc) is 3.21. The first-order valence-corrected chi connectivity index (χ1v) is 8.78. The molecule has 3 rings (SSSR count). The van der Waals surface area contributed by atoms with Gasteiger partial charge < -0.3 is 5.32 Å². The van der Waals surface area contributed by atoms with Crippen molar-refractivity contribution in [3.8, 4) is 0 Å². The number of thiazole rings is 1. The summed E-state index contributed by atoms with van der Waals surface area (Å²) in [5, 5.41) is 5.54. The standard InChI is InChI=1S/C17H21ClN2S/c1-11(2)19-10-15-17(12-7-8-12)20-16(21-15)9-13-5-3-4-6-14(13)18/h3-6,11-12,19H,7-10H2,1-2H3. The fourth-order valence-electron chi connectivity index (χ4n) is 2.39. The molecule has 0 spiro atoms. The number of nitrogens with zero attached hydrogens (tertiary/aromatic N) is 1. The van der Waals surface area contributed by atoms with E-state index < -0.39 is 0 Å². The number of nitrogens with one attached hydrogen (secondary N) is 1. The predicted molar refractivity (Wildman–Crippen MR) is 90.3 cm³/mol. The van der Waals surface area contributed by atoms with Gasteiger partial charge in [0.05, 0.1) is 10.7 Å². The van der Waals surface area contributed by atoms with Crippen LogP contribution in [0.4, 0.5) is 0 Å². The molecule has 0 atom stereocenters. The maximum atomic E-state index is 6.26. The molecule has 4 heteroatoms. The van der Waals surface area contributed by atoms with E-state index in [0.717, 1.165) is 18.0 Å². The van der Waals surface area contributed by atoms with Crippen LogP contribution in [0.15, 0.2) is 24.3 Å². The Morgan fingerprint density at radius 2 is 2.10 bits per heavy atom. The summed E-state index contributed by atoms with van der Waals surface area (Å²) in [6, 6.07) is 8.56. The maximum absolute atomic E-state index is 6.26. The summed E-state index contributed by atoms with van der Waals surface area (Å²) >= 11 is 8.10. The zero-order valence-corrected chi connectivity index (χ0v) is 14.1. The Morgan fingerprint density at radius 1 is 1.33 bits per heavy atom. The van der Waals surface area contributed by atoms with Crippen LogP contribution in [0.25, 0.3) is 0 Å². The van der Waals surface area contributed by atoms with Gasteiger partial charge in [0.15, 0.2) is 0 Å². The fraction of sp³-hybridized carbons (Fsp3) is 0.471. The van der Waals surface area contributed by atoms with Crippen molar-refractivity contribution in [1.29, 1.82) is 0 Å². The summed E-state index contributed by atoms with van der Waals surface area (Å²) in [5.41, 5.74) is 2.49. The van der Waals surface area contributed by atoms with Crippen molar-refractivity contribution >= 4 is 22.9 Å². The summed E-state index contributed by atoms with van der Waals surface area (Å²) in [6.07, 6.45) is 3.43. The molecule has 1 N–H and O–H groups in total. The van der Waals surface area contributed by atoms with Crippen molar-refractivity contribution in [2.75, 3.05) is 0 Å². The van der Waals surface area contributed by atoms with E-state index >= 15 is 0 Å². The second-order valence-electron chi connectivity index (χ2n) is 5.99. The molecule has 0 bridgehead atoms. The number of aromatic nitrogens is 1. The number of hydrogen-bond acceptors (Lipinski definition) is 3. The molecule has 1 aliphatic carbocycles. The highest BCUT2D eigenvalue weighted by Crippen LogP contribution is 2.43. The molecule has 2 aromatic rings. The van der Waals surface area contributed by atoms with Gasteiger partial charge in [-0.05, 0) is 24.5 Å². The minimum absolute atomic E-state index is 0.506. The molecule has 1 saturated carbocycles. The van der Waals surface area contributed by atoms with Gasteiger partial charge in [-0.15, -0.1) is 11.3 Å².